The Morgan fingerprint density at radius 1 is 1.03 bits per heavy atom. The van der Waals surface area contributed by atoms with Crippen LogP contribution >= 0.6 is 0 Å². The topological polar surface area (TPSA) is 80.3 Å². The fourth-order valence-corrected chi connectivity index (χ4v) is 3.77. The number of esters is 2. The average molecular weight is 426 g/mol. The molecule has 0 unspecified atom stereocenters. The van der Waals surface area contributed by atoms with Gasteiger partial charge in [-0.05, 0) is 43.0 Å². The summed E-state index contributed by atoms with van der Waals surface area (Å²) < 4.78 is 27.9. The van der Waals surface area contributed by atoms with Crippen LogP contribution in [0.25, 0.3) is 11.1 Å². The number of rotatable bonds is 9. The molecule has 4 rings (SSSR count). The first kappa shape index (κ1) is 21.0. The van der Waals surface area contributed by atoms with Crippen LogP contribution in [-0.4, -0.2) is 39.4 Å². The third-order valence-corrected chi connectivity index (χ3v) is 5.75. The maximum absolute atomic E-state index is 12.5. The maximum Gasteiger partial charge on any atom is 0.338 e. The Hall–Kier alpha value is -3.22. The Morgan fingerprint density at radius 3 is 2.48 bits per heavy atom. The molecule has 2 aliphatic rings. The number of hydrogen-bond acceptors (Lipinski definition) is 7. The molecule has 1 aliphatic carbocycles. The highest BCUT2D eigenvalue weighted by atomic mass is 16.6. The first-order chi connectivity index (χ1) is 15.0. The highest BCUT2D eigenvalue weighted by molar-refractivity contribution is 5.96. The summed E-state index contributed by atoms with van der Waals surface area (Å²) in [5, 5.41) is 0. The van der Waals surface area contributed by atoms with Crippen LogP contribution in [0.4, 0.5) is 0 Å². The van der Waals surface area contributed by atoms with Gasteiger partial charge in [-0.15, -0.1) is 0 Å². The van der Waals surface area contributed by atoms with E-state index >= 15 is 0 Å². The predicted octanol–water partition coefficient (Wildman–Crippen LogP) is 4.15. The Bertz CT molecular complexity index is 1010. The second-order valence-electron chi connectivity index (χ2n) is 7.79. The van der Waals surface area contributed by atoms with E-state index in [0.29, 0.717) is 29.4 Å². The minimum absolute atomic E-state index is 0.177. The van der Waals surface area contributed by atoms with Gasteiger partial charge in [0, 0.05) is 11.1 Å². The van der Waals surface area contributed by atoms with Crippen molar-refractivity contribution in [2.45, 2.75) is 32.8 Å². The van der Waals surface area contributed by atoms with Gasteiger partial charge in [-0.2, -0.15) is 0 Å². The van der Waals surface area contributed by atoms with Crippen LogP contribution in [0.5, 0.6) is 17.2 Å². The molecular weight excluding hydrogens is 400 g/mol. The van der Waals surface area contributed by atoms with Gasteiger partial charge in [0.05, 0.1) is 26.4 Å². The lowest BCUT2D eigenvalue weighted by Crippen LogP contribution is -2.26. The monoisotopic (exact) mass is 426 g/mol. The van der Waals surface area contributed by atoms with Crippen molar-refractivity contribution in [2.24, 2.45) is 5.41 Å². The minimum atomic E-state index is -0.627. The summed E-state index contributed by atoms with van der Waals surface area (Å²) in [6, 6.07) is 9.13. The minimum Gasteiger partial charge on any atom is -0.493 e. The largest absolute Gasteiger partial charge is 0.493 e. The number of methoxy groups -OCH3 is 2. The number of fused-ring (bicyclic) bond motifs is 1. The molecule has 0 atom stereocenters. The number of ether oxygens (including phenoxy) is 5. The summed E-state index contributed by atoms with van der Waals surface area (Å²) in [5.41, 5.74) is 2.27. The van der Waals surface area contributed by atoms with E-state index in [1.54, 1.807) is 26.4 Å². The van der Waals surface area contributed by atoms with Crippen LogP contribution in [0.1, 0.15) is 42.1 Å². The summed E-state index contributed by atoms with van der Waals surface area (Å²) >= 11 is 0. The fraction of sp³-hybridized carbons (Fsp3) is 0.417. The third kappa shape index (κ3) is 3.80. The Labute approximate surface area is 181 Å². The summed E-state index contributed by atoms with van der Waals surface area (Å²) in [6.45, 7) is 2.74. The summed E-state index contributed by atoms with van der Waals surface area (Å²) in [4.78, 5) is 24.6. The molecule has 0 saturated heterocycles. The van der Waals surface area contributed by atoms with E-state index in [0.717, 1.165) is 36.0 Å². The molecule has 31 heavy (non-hydrogen) atoms. The molecule has 0 amide bonds. The standard InChI is InChI=1S/C24H26O7/c1-4-12-29-23(26)24(10-11-24)14-31-20-16(8-9-19(27-2)21(20)28-3)15-6-5-7-17-18(15)13-30-22(17)25/h5-9H,4,10-14H2,1-3H3. The van der Waals surface area contributed by atoms with Gasteiger partial charge in [-0.25, -0.2) is 4.79 Å². The molecule has 2 aromatic rings. The van der Waals surface area contributed by atoms with Crippen LogP contribution in [0, 0.1) is 5.41 Å². The van der Waals surface area contributed by atoms with Crippen molar-refractivity contribution in [3.05, 3.63) is 41.5 Å². The zero-order valence-corrected chi connectivity index (χ0v) is 18.0. The predicted molar refractivity (Wildman–Crippen MR) is 113 cm³/mol. The number of carbonyl (C=O) groups is 2. The van der Waals surface area contributed by atoms with Crippen molar-refractivity contribution in [1.29, 1.82) is 0 Å². The summed E-state index contributed by atoms with van der Waals surface area (Å²) in [7, 11) is 3.09. The van der Waals surface area contributed by atoms with Crippen molar-refractivity contribution in [3.8, 4) is 28.4 Å². The molecule has 0 bridgehead atoms. The normalized spacial score (nSPS) is 15.6. The molecule has 164 valence electrons. The van der Waals surface area contributed by atoms with Gasteiger partial charge < -0.3 is 23.7 Å². The van der Waals surface area contributed by atoms with Gasteiger partial charge in [0.25, 0.3) is 0 Å². The molecule has 1 saturated carbocycles. The Morgan fingerprint density at radius 2 is 1.81 bits per heavy atom. The molecule has 0 N–H and O–H groups in total. The zero-order chi connectivity index (χ0) is 22.0. The van der Waals surface area contributed by atoms with Crippen molar-refractivity contribution >= 4 is 11.9 Å². The molecule has 1 aliphatic heterocycles. The molecule has 0 aromatic heterocycles. The second kappa shape index (κ2) is 8.49. The first-order valence-corrected chi connectivity index (χ1v) is 10.4. The van der Waals surface area contributed by atoms with Crippen LogP contribution in [0.2, 0.25) is 0 Å². The van der Waals surface area contributed by atoms with Crippen LogP contribution in [0.15, 0.2) is 30.3 Å². The first-order valence-electron chi connectivity index (χ1n) is 10.4. The smallest absolute Gasteiger partial charge is 0.338 e. The number of carbonyl (C=O) groups excluding carboxylic acids is 2. The van der Waals surface area contributed by atoms with Crippen LogP contribution < -0.4 is 14.2 Å². The quantitative estimate of drug-likeness (QED) is 0.557. The number of hydrogen-bond donors (Lipinski definition) is 0. The van der Waals surface area contributed by atoms with Crippen LogP contribution in [-0.2, 0) is 20.9 Å². The van der Waals surface area contributed by atoms with Gasteiger partial charge >= 0.3 is 11.9 Å². The molecule has 2 aromatic carbocycles. The molecule has 0 spiro atoms. The van der Waals surface area contributed by atoms with Crippen molar-refractivity contribution in [1.82, 2.24) is 0 Å². The van der Waals surface area contributed by atoms with Crippen molar-refractivity contribution in [3.63, 3.8) is 0 Å². The third-order valence-electron chi connectivity index (χ3n) is 5.75. The number of cyclic esters (lactones) is 1. The average Bonchev–Trinajstić information content (AvgIpc) is 3.50. The molecule has 1 fully saturated rings. The van der Waals surface area contributed by atoms with Gasteiger partial charge in [-0.1, -0.05) is 19.1 Å². The van der Waals surface area contributed by atoms with Gasteiger partial charge in [0.15, 0.2) is 11.5 Å². The van der Waals surface area contributed by atoms with E-state index in [1.807, 2.05) is 25.1 Å². The molecule has 7 heteroatoms. The van der Waals surface area contributed by atoms with Crippen molar-refractivity contribution < 1.29 is 33.3 Å². The lowest BCUT2D eigenvalue weighted by molar-refractivity contribution is -0.151. The SMILES string of the molecule is CCCOC(=O)C1(COc2c(-c3cccc4c3COC4=O)ccc(OC)c2OC)CC1. The van der Waals surface area contributed by atoms with E-state index in [4.69, 9.17) is 23.7 Å². The lowest BCUT2D eigenvalue weighted by Gasteiger charge is -2.21. The molecule has 1 heterocycles. The van der Waals surface area contributed by atoms with E-state index in [9.17, 15) is 9.59 Å². The maximum atomic E-state index is 12.5. The van der Waals surface area contributed by atoms with E-state index in [2.05, 4.69) is 0 Å². The molecular formula is C24H26O7. The van der Waals surface area contributed by atoms with E-state index in [1.165, 1.54) is 0 Å². The molecule has 7 nitrogen and oxygen atoms in total. The lowest BCUT2D eigenvalue weighted by atomic mass is 9.95. The summed E-state index contributed by atoms with van der Waals surface area (Å²) in [6.07, 6.45) is 2.22. The van der Waals surface area contributed by atoms with Gasteiger partial charge in [0.1, 0.15) is 18.6 Å². The Kier molecular flexibility index (Phi) is 5.76. The fourth-order valence-electron chi connectivity index (χ4n) is 3.77. The Balaban J connectivity index is 1.72. The van der Waals surface area contributed by atoms with Gasteiger partial charge in [0.2, 0.25) is 5.75 Å². The van der Waals surface area contributed by atoms with E-state index < -0.39 is 5.41 Å². The number of benzene rings is 2. The second-order valence-corrected chi connectivity index (χ2v) is 7.79. The van der Waals surface area contributed by atoms with Crippen LogP contribution in [0.3, 0.4) is 0 Å². The van der Waals surface area contributed by atoms with Gasteiger partial charge in [-0.3, -0.25) is 4.79 Å². The molecule has 0 radical (unpaired) electrons. The highest BCUT2D eigenvalue weighted by Gasteiger charge is 2.52. The highest BCUT2D eigenvalue weighted by Crippen LogP contribution is 2.50. The van der Waals surface area contributed by atoms with Crippen molar-refractivity contribution in [2.75, 3.05) is 27.4 Å². The zero-order valence-electron chi connectivity index (χ0n) is 18.0. The van der Waals surface area contributed by atoms with E-state index in [-0.39, 0.29) is 25.2 Å². The summed E-state index contributed by atoms with van der Waals surface area (Å²) in [5.74, 6) is 0.844.